The van der Waals surface area contributed by atoms with E-state index in [9.17, 15) is 21.6 Å². The second-order valence-electron chi connectivity index (χ2n) is 8.39. The standard InChI is InChI=1S/C23H22N4O5S4/c1-35(29,30)17-8-9-18-20(13-17)34-23(25-18)26(15-16-5-2-10-24-14-16)22(28)19-6-3-11-27(19)36(31,32)21-7-4-12-33-21/h2,4-5,7-10,12-14,19H,3,6,11,15H2,1H3. The zero-order chi connectivity index (χ0) is 25.5. The lowest BCUT2D eigenvalue weighted by Gasteiger charge is -2.28. The average molecular weight is 563 g/mol. The summed E-state index contributed by atoms with van der Waals surface area (Å²) < 4.78 is 52.7. The average Bonchev–Trinajstić information content (AvgIpc) is 3.62. The van der Waals surface area contributed by atoms with E-state index in [4.69, 9.17) is 0 Å². The first-order valence-electron chi connectivity index (χ1n) is 11.0. The summed E-state index contributed by atoms with van der Waals surface area (Å²) in [5.74, 6) is -0.376. The van der Waals surface area contributed by atoms with E-state index in [0.717, 1.165) is 23.2 Å². The number of amides is 1. The van der Waals surface area contributed by atoms with E-state index in [1.165, 1.54) is 26.6 Å². The minimum Gasteiger partial charge on any atom is -0.282 e. The van der Waals surface area contributed by atoms with Crippen molar-refractivity contribution in [1.82, 2.24) is 14.3 Å². The fourth-order valence-corrected chi connectivity index (χ4v) is 8.63. The van der Waals surface area contributed by atoms with Crippen LogP contribution in [0.25, 0.3) is 10.2 Å². The number of rotatable bonds is 7. The first-order chi connectivity index (χ1) is 17.1. The summed E-state index contributed by atoms with van der Waals surface area (Å²) in [6.07, 6.45) is 5.38. The van der Waals surface area contributed by atoms with Crippen molar-refractivity contribution in [3.63, 3.8) is 0 Å². The minimum atomic E-state index is -3.82. The Kier molecular flexibility index (Phi) is 6.68. The number of hydrogen-bond acceptors (Lipinski definition) is 9. The largest absolute Gasteiger partial charge is 0.282 e. The molecular formula is C23H22N4O5S4. The van der Waals surface area contributed by atoms with Crippen LogP contribution in [0.2, 0.25) is 0 Å². The first-order valence-corrected chi connectivity index (χ1v) is 16.0. The van der Waals surface area contributed by atoms with Gasteiger partial charge in [0.05, 0.1) is 21.7 Å². The van der Waals surface area contributed by atoms with Crippen LogP contribution < -0.4 is 4.90 Å². The summed E-state index contributed by atoms with van der Waals surface area (Å²) in [7, 11) is -7.23. The predicted molar refractivity (Wildman–Crippen MR) is 139 cm³/mol. The Balaban J connectivity index is 1.55. The maximum Gasteiger partial charge on any atom is 0.253 e. The number of pyridine rings is 1. The smallest absolute Gasteiger partial charge is 0.253 e. The maximum absolute atomic E-state index is 14.0. The summed E-state index contributed by atoms with van der Waals surface area (Å²) in [4.78, 5) is 24.3. The molecule has 0 saturated carbocycles. The molecule has 0 radical (unpaired) electrons. The molecule has 0 spiro atoms. The third-order valence-corrected chi connectivity index (χ3v) is 11.3. The molecular weight excluding hydrogens is 541 g/mol. The van der Waals surface area contributed by atoms with Crippen molar-refractivity contribution in [2.75, 3.05) is 17.7 Å². The quantitative estimate of drug-likeness (QED) is 0.338. The SMILES string of the molecule is CS(=O)(=O)c1ccc2nc(N(Cc3cccnc3)C(=O)C3CCCN3S(=O)(=O)c3cccs3)sc2c1. The van der Waals surface area contributed by atoms with Gasteiger partial charge in [-0.2, -0.15) is 4.31 Å². The molecule has 1 unspecified atom stereocenters. The zero-order valence-corrected chi connectivity index (χ0v) is 22.4. The van der Waals surface area contributed by atoms with Crippen LogP contribution in [-0.2, 0) is 31.2 Å². The van der Waals surface area contributed by atoms with Crippen molar-refractivity contribution in [3.05, 3.63) is 65.8 Å². The van der Waals surface area contributed by atoms with E-state index in [-0.39, 0.29) is 28.1 Å². The van der Waals surface area contributed by atoms with Crippen LogP contribution >= 0.6 is 22.7 Å². The maximum atomic E-state index is 14.0. The Morgan fingerprint density at radius 1 is 1.17 bits per heavy atom. The Hall–Kier alpha value is -2.71. The van der Waals surface area contributed by atoms with Gasteiger partial charge in [0, 0.05) is 25.2 Å². The van der Waals surface area contributed by atoms with E-state index < -0.39 is 25.9 Å². The van der Waals surface area contributed by atoms with Gasteiger partial charge in [-0.05, 0) is 54.1 Å². The lowest BCUT2D eigenvalue weighted by atomic mass is 10.2. The van der Waals surface area contributed by atoms with Gasteiger partial charge in [0.2, 0.25) is 5.91 Å². The van der Waals surface area contributed by atoms with E-state index in [1.54, 1.807) is 48.1 Å². The van der Waals surface area contributed by atoms with Crippen molar-refractivity contribution in [3.8, 4) is 0 Å². The molecule has 13 heteroatoms. The topological polar surface area (TPSA) is 118 Å². The number of sulfonamides is 1. The molecule has 1 aromatic carbocycles. The van der Waals surface area contributed by atoms with Gasteiger partial charge in [-0.1, -0.05) is 23.5 Å². The van der Waals surface area contributed by atoms with Crippen LogP contribution in [0.1, 0.15) is 18.4 Å². The van der Waals surface area contributed by atoms with Gasteiger partial charge in [0.15, 0.2) is 15.0 Å². The van der Waals surface area contributed by atoms with Crippen molar-refractivity contribution in [1.29, 1.82) is 0 Å². The number of benzene rings is 1. The monoisotopic (exact) mass is 562 g/mol. The molecule has 0 N–H and O–H groups in total. The Labute approximate surface area is 217 Å². The van der Waals surface area contributed by atoms with Crippen LogP contribution in [0.3, 0.4) is 0 Å². The molecule has 188 valence electrons. The van der Waals surface area contributed by atoms with Gasteiger partial charge < -0.3 is 0 Å². The molecule has 0 bridgehead atoms. The van der Waals surface area contributed by atoms with E-state index in [2.05, 4.69) is 9.97 Å². The fraction of sp³-hybridized carbons (Fsp3) is 0.261. The molecule has 4 aromatic rings. The Morgan fingerprint density at radius 3 is 2.69 bits per heavy atom. The van der Waals surface area contributed by atoms with Gasteiger partial charge in [0.25, 0.3) is 10.0 Å². The second-order valence-corrected chi connectivity index (χ2v) is 14.5. The van der Waals surface area contributed by atoms with E-state index in [0.29, 0.717) is 28.2 Å². The summed E-state index contributed by atoms with van der Waals surface area (Å²) in [6, 6.07) is 10.6. The van der Waals surface area contributed by atoms with Crippen molar-refractivity contribution < 1.29 is 21.6 Å². The van der Waals surface area contributed by atoms with Crippen molar-refractivity contribution >= 4 is 63.8 Å². The molecule has 36 heavy (non-hydrogen) atoms. The number of thiazole rings is 1. The number of carbonyl (C=O) groups excluding carboxylic acids is 1. The summed E-state index contributed by atoms with van der Waals surface area (Å²) in [5.41, 5.74) is 1.31. The molecule has 0 aliphatic carbocycles. The highest BCUT2D eigenvalue weighted by Gasteiger charge is 2.42. The molecule has 1 amide bonds. The number of nitrogens with zero attached hydrogens (tertiary/aromatic N) is 4. The van der Waals surface area contributed by atoms with Crippen LogP contribution in [0.4, 0.5) is 5.13 Å². The summed E-state index contributed by atoms with van der Waals surface area (Å²) >= 11 is 2.31. The minimum absolute atomic E-state index is 0.148. The molecule has 1 atom stereocenters. The number of aromatic nitrogens is 2. The highest BCUT2D eigenvalue weighted by atomic mass is 32.2. The molecule has 4 heterocycles. The third kappa shape index (κ3) is 4.81. The molecule has 9 nitrogen and oxygen atoms in total. The van der Waals surface area contributed by atoms with Crippen LogP contribution in [0.15, 0.2) is 69.3 Å². The molecule has 1 aliphatic rings. The van der Waals surface area contributed by atoms with Crippen LogP contribution in [0, 0.1) is 0 Å². The van der Waals surface area contributed by atoms with Gasteiger partial charge in [-0.15, -0.1) is 11.3 Å². The van der Waals surface area contributed by atoms with E-state index in [1.807, 2.05) is 6.07 Å². The van der Waals surface area contributed by atoms with Crippen LogP contribution in [0.5, 0.6) is 0 Å². The van der Waals surface area contributed by atoms with Crippen LogP contribution in [-0.4, -0.2) is 55.9 Å². The number of thiophene rings is 1. The summed E-state index contributed by atoms with van der Waals surface area (Å²) in [5, 5.41) is 2.06. The molecule has 3 aromatic heterocycles. The van der Waals surface area contributed by atoms with Gasteiger partial charge >= 0.3 is 0 Å². The number of carbonyl (C=O) groups is 1. The Bertz CT molecular complexity index is 1620. The summed E-state index contributed by atoms with van der Waals surface area (Å²) in [6.45, 7) is 0.407. The predicted octanol–water partition coefficient (Wildman–Crippen LogP) is 3.54. The lowest BCUT2D eigenvalue weighted by molar-refractivity contribution is -0.121. The van der Waals surface area contributed by atoms with Gasteiger partial charge in [-0.3, -0.25) is 14.7 Å². The fourth-order valence-electron chi connectivity index (χ4n) is 4.13. The molecule has 5 rings (SSSR count). The highest BCUT2D eigenvalue weighted by molar-refractivity contribution is 7.91. The first kappa shape index (κ1) is 25.0. The zero-order valence-electron chi connectivity index (χ0n) is 19.1. The molecule has 1 saturated heterocycles. The Morgan fingerprint density at radius 2 is 2.00 bits per heavy atom. The number of fused-ring (bicyclic) bond motifs is 1. The lowest BCUT2D eigenvalue weighted by Crippen LogP contribution is -2.47. The van der Waals surface area contributed by atoms with Crippen molar-refractivity contribution in [2.24, 2.45) is 0 Å². The van der Waals surface area contributed by atoms with Gasteiger partial charge in [-0.25, -0.2) is 21.8 Å². The van der Waals surface area contributed by atoms with E-state index >= 15 is 0 Å². The number of sulfone groups is 1. The van der Waals surface area contributed by atoms with Gasteiger partial charge in [0.1, 0.15) is 10.3 Å². The molecule has 1 fully saturated rings. The number of hydrogen-bond donors (Lipinski definition) is 0. The molecule has 1 aliphatic heterocycles. The third-order valence-electron chi connectivity index (χ3n) is 5.88. The highest BCUT2D eigenvalue weighted by Crippen LogP contribution is 2.35. The second kappa shape index (κ2) is 9.63. The number of anilines is 1. The van der Waals surface area contributed by atoms with Crippen molar-refractivity contribution in [2.45, 2.75) is 34.5 Å². The normalized spacial score (nSPS) is 17.0.